The molecule has 1 aromatic heterocycles. The highest BCUT2D eigenvalue weighted by Crippen LogP contribution is 2.21. The average Bonchev–Trinajstić information content (AvgIpc) is 2.62. The SMILES string of the molecule is CC1CCC(=Nn2cncn2)CC1. The Bertz CT molecular complexity index is 279. The normalized spacial score (nSPS) is 23.2. The largest absolute Gasteiger partial charge is 0.221 e. The van der Waals surface area contributed by atoms with Gasteiger partial charge in [0, 0.05) is 5.71 Å². The van der Waals surface area contributed by atoms with Crippen LogP contribution in [0.1, 0.15) is 32.6 Å². The lowest BCUT2D eigenvalue weighted by Crippen LogP contribution is -2.13. The van der Waals surface area contributed by atoms with Crippen molar-refractivity contribution in [2.75, 3.05) is 0 Å². The molecule has 0 spiro atoms. The zero-order valence-corrected chi connectivity index (χ0v) is 7.85. The summed E-state index contributed by atoms with van der Waals surface area (Å²) in [6, 6.07) is 0. The van der Waals surface area contributed by atoms with Crippen molar-refractivity contribution in [1.82, 2.24) is 14.9 Å². The Morgan fingerprint density at radius 3 is 2.85 bits per heavy atom. The van der Waals surface area contributed by atoms with Gasteiger partial charge in [0.2, 0.25) is 0 Å². The molecule has 70 valence electrons. The van der Waals surface area contributed by atoms with Gasteiger partial charge in [-0.1, -0.05) is 6.92 Å². The van der Waals surface area contributed by atoms with E-state index in [1.807, 2.05) is 0 Å². The minimum atomic E-state index is 0.856. The van der Waals surface area contributed by atoms with Crippen LogP contribution < -0.4 is 0 Å². The van der Waals surface area contributed by atoms with Crippen LogP contribution in [-0.2, 0) is 0 Å². The summed E-state index contributed by atoms with van der Waals surface area (Å²) < 4.78 is 0. The third kappa shape index (κ3) is 2.14. The van der Waals surface area contributed by atoms with E-state index in [0.29, 0.717) is 0 Å². The predicted molar refractivity (Wildman–Crippen MR) is 50.5 cm³/mol. The van der Waals surface area contributed by atoms with Crippen molar-refractivity contribution >= 4 is 5.71 Å². The summed E-state index contributed by atoms with van der Waals surface area (Å²) in [4.78, 5) is 5.39. The molecule has 1 saturated carbocycles. The second-order valence-corrected chi connectivity index (χ2v) is 3.66. The first kappa shape index (κ1) is 8.41. The summed E-state index contributed by atoms with van der Waals surface area (Å²) in [5.74, 6) is 0.856. The van der Waals surface area contributed by atoms with Crippen molar-refractivity contribution in [3.05, 3.63) is 12.7 Å². The Morgan fingerprint density at radius 2 is 2.23 bits per heavy atom. The van der Waals surface area contributed by atoms with Crippen LogP contribution in [0.3, 0.4) is 0 Å². The molecule has 0 saturated heterocycles. The van der Waals surface area contributed by atoms with E-state index in [1.165, 1.54) is 24.9 Å². The van der Waals surface area contributed by atoms with E-state index in [2.05, 4.69) is 22.1 Å². The minimum absolute atomic E-state index is 0.856. The van der Waals surface area contributed by atoms with Gasteiger partial charge in [0.25, 0.3) is 0 Å². The molecule has 4 heteroatoms. The van der Waals surface area contributed by atoms with Crippen molar-refractivity contribution < 1.29 is 0 Å². The minimum Gasteiger partial charge on any atom is -0.221 e. The van der Waals surface area contributed by atoms with Gasteiger partial charge in [-0.05, 0) is 31.6 Å². The van der Waals surface area contributed by atoms with Gasteiger partial charge in [-0.2, -0.15) is 5.10 Å². The zero-order chi connectivity index (χ0) is 9.10. The third-order valence-corrected chi connectivity index (χ3v) is 2.50. The molecule has 0 atom stereocenters. The fourth-order valence-electron chi connectivity index (χ4n) is 1.59. The first-order chi connectivity index (χ1) is 6.34. The fraction of sp³-hybridized carbons (Fsp3) is 0.667. The van der Waals surface area contributed by atoms with Gasteiger partial charge in [0.05, 0.1) is 0 Å². The molecule has 0 unspecified atom stereocenters. The van der Waals surface area contributed by atoms with Gasteiger partial charge < -0.3 is 0 Å². The fourth-order valence-corrected chi connectivity index (χ4v) is 1.59. The molecule has 0 aliphatic heterocycles. The van der Waals surface area contributed by atoms with Gasteiger partial charge in [-0.3, -0.25) is 0 Å². The molecule has 0 N–H and O–H groups in total. The maximum absolute atomic E-state index is 4.37. The first-order valence-corrected chi connectivity index (χ1v) is 4.76. The highest BCUT2D eigenvalue weighted by Gasteiger charge is 2.13. The lowest BCUT2D eigenvalue weighted by Gasteiger charge is -2.18. The van der Waals surface area contributed by atoms with Gasteiger partial charge in [0.15, 0.2) is 0 Å². The molecule has 2 rings (SSSR count). The van der Waals surface area contributed by atoms with Crippen molar-refractivity contribution in [3.63, 3.8) is 0 Å². The van der Waals surface area contributed by atoms with E-state index in [1.54, 1.807) is 11.1 Å². The summed E-state index contributed by atoms with van der Waals surface area (Å²) in [6.07, 6.45) is 7.88. The molecule has 13 heavy (non-hydrogen) atoms. The quantitative estimate of drug-likeness (QED) is 0.656. The van der Waals surface area contributed by atoms with Crippen molar-refractivity contribution in [3.8, 4) is 0 Å². The van der Waals surface area contributed by atoms with E-state index in [9.17, 15) is 0 Å². The molecule has 0 aromatic carbocycles. The molecule has 1 aliphatic rings. The van der Waals surface area contributed by atoms with Gasteiger partial charge in [-0.15, -0.1) is 9.89 Å². The molecule has 1 aliphatic carbocycles. The second-order valence-electron chi connectivity index (χ2n) is 3.66. The van der Waals surface area contributed by atoms with Crippen LogP contribution in [-0.4, -0.2) is 20.6 Å². The first-order valence-electron chi connectivity index (χ1n) is 4.76. The van der Waals surface area contributed by atoms with Gasteiger partial charge >= 0.3 is 0 Å². The van der Waals surface area contributed by atoms with Crippen LogP contribution in [0.5, 0.6) is 0 Å². The summed E-state index contributed by atoms with van der Waals surface area (Å²) in [5.41, 5.74) is 1.25. The number of aromatic nitrogens is 3. The maximum atomic E-state index is 4.37. The second kappa shape index (κ2) is 3.68. The van der Waals surface area contributed by atoms with E-state index < -0.39 is 0 Å². The maximum Gasteiger partial charge on any atom is 0.139 e. The topological polar surface area (TPSA) is 43.1 Å². The number of hydrogen-bond donors (Lipinski definition) is 0. The summed E-state index contributed by atoms with van der Waals surface area (Å²) in [6.45, 7) is 2.30. The van der Waals surface area contributed by atoms with E-state index in [0.717, 1.165) is 18.8 Å². The molecule has 0 bridgehead atoms. The Balaban J connectivity index is 2.02. The van der Waals surface area contributed by atoms with Crippen LogP contribution in [0, 0.1) is 5.92 Å². The van der Waals surface area contributed by atoms with Crippen molar-refractivity contribution in [2.24, 2.45) is 11.0 Å². The van der Waals surface area contributed by atoms with E-state index in [4.69, 9.17) is 0 Å². The third-order valence-electron chi connectivity index (χ3n) is 2.50. The van der Waals surface area contributed by atoms with Crippen LogP contribution in [0.25, 0.3) is 0 Å². The van der Waals surface area contributed by atoms with Crippen molar-refractivity contribution in [2.45, 2.75) is 32.6 Å². The highest BCUT2D eigenvalue weighted by atomic mass is 15.5. The van der Waals surface area contributed by atoms with Crippen molar-refractivity contribution in [1.29, 1.82) is 0 Å². The lowest BCUT2D eigenvalue weighted by molar-refractivity contribution is 0.480. The summed E-state index contributed by atoms with van der Waals surface area (Å²) in [7, 11) is 0. The zero-order valence-electron chi connectivity index (χ0n) is 7.85. The molecule has 0 amide bonds. The molecule has 1 aromatic rings. The molecular formula is C9H14N4. The smallest absolute Gasteiger partial charge is 0.139 e. The van der Waals surface area contributed by atoms with Crippen LogP contribution >= 0.6 is 0 Å². The van der Waals surface area contributed by atoms with Crippen LogP contribution in [0.4, 0.5) is 0 Å². The molecule has 1 fully saturated rings. The molecule has 4 nitrogen and oxygen atoms in total. The molecule has 0 radical (unpaired) electrons. The monoisotopic (exact) mass is 178 g/mol. The molecule has 1 heterocycles. The standard InChI is InChI=1S/C9H14N4/c1-8-2-4-9(5-3-8)12-13-7-10-6-11-13/h6-8H,2-5H2,1H3. The van der Waals surface area contributed by atoms with Crippen LogP contribution in [0.2, 0.25) is 0 Å². The highest BCUT2D eigenvalue weighted by molar-refractivity contribution is 5.84. The van der Waals surface area contributed by atoms with E-state index in [-0.39, 0.29) is 0 Å². The lowest BCUT2D eigenvalue weighted by atomic mass is 9.90. The summed E-state index contributed by atoms with van der Waals surface area (Å²) >= 11 is 0. The Hall–Kier alpha value is -1.19. The number of nitrogens with zero attached hydrogens (tertiary/aromatic N) is 4. The number of rotatable bonds is 1. The van der Waals surface area contributed by atoms with Gasteiger partial charge in [0.1, 0.15) is 12.7 Å². The Kier molecular flexibility index (Phi) is 2.38. The van der Waals surface area contributed by atoms with E-state index >= 15 is 0 Å². The molecular weight excluding hydrogens is 164 g/mol. The average molecular weight is 178 g/mol. The Morgan fingerprint density at radius 1 is 1.46 bits per heavy atom. The van der Waals surface area contributed by atoms with Gasteiger partial charge in [-0.25, -0.2) is 4.98 Å². The van der Waals surface area contributed by atoms with Crippen LogP contribution in [0.15, 0.2) is 17.8 Å². The predicted octanol–water partition coefficient (Wildman–Crippen LogP) is 1.69. The number of hydrogen-bond acceptors (Lipinski definition) is 3. The summed E-state index contributed by atoms with van der Waals surface area (Å²) in [5, 5.41) is 8.32. The Labute approximate surface area is 77.7 Å².